The Balaban J connectivity index is 2.21. The van der Waals surface area contributed by atoms with Crippen molar-refractivity contribution in [2.75, 3.05) is 0 Å². The molecule has 3 rings (SSSR count). The molecule has 0 radical (unpaired) electrons. The van der Waals surface area contributed by atoms with Crippen LogP contribution in [0.4, 0.5) is 4.39 Å². The summed E-state index contributed by atoms with van der Waals surface area (Å²) in [6, 6.07) is 5.80. The largest absolute Gasteiger partial charge is 0.505 e. The number of carbonyl (C=O) groups is 1. The Morgan fingerprint density at radius 1 is 1.30 bits per heavy atom. The van der Waals surface area contributed by atoms with E-state index in [9.17, 15) is 19.4 Å². The van der Waals surface area contributed by atoms with Crippen molar-refractivity contribution in [3.8, 4) is 10.8 Å². The number of aromatic hydroxyl groups is 2. The maximum Gasteiger partial charge on any atom is 0.307 e. The highest BCUT2D eigenvalue weighted by molar-refractivity contribution is 7.13. The van der Waals surface area contributed by atoms with Crippen molar-refractivity contribution in [3.05, 3.63) is 46.2 Å². The number of nitrogens with zero attached hydrogens (tertiary/aromatic N) is 1. The fourth-order valence-electron chi connectivity index (χ4n) is 2.74. The van der Waals surface area contributed by atoms with E-state index in [4.69, 9.17) is 5.11 Å². The third-order valence-electron chi connectivity index (χ3n) is 3.81. The molecule has 0 aliphatic rings. The zero-order valence-corrected chi connectivity index (χ0v) is 13.0. The first-order chi connectivity index (χ1) is 10.9. The Bertz CT molecular complexity index is 913. The van der Waals surface area contributed by atoms with Crippen LogP contribution in [-0.2, 0) is 17.8 Å². The number of halogens is 1. The van der Waals surface area contributed by atoms with E-state index in [0.717, 1.165) is 4.88 Å². The van der Waals surface area contributed by atoms with Crippen LogP contribution in [0.2, 0.25) is 0 Å². The van der Waals surface area contributed by atoms with Crippen LogP contribution in [0.1, 0.15) is 16.1 Å². The topological polar surface area (TPSA) is 82.7 Å². The van der Waals surface area contributed by atoms with Gasteiger partial charge in [0.05, 0.1) is 18.5 Å². The number of carboxylic acids is 1. The lowest BCUT2D eigenvalue weighted by Crippen LogP contribution is -2.04. The number of thiophene rings is 1. The average molecular weight is 335 g/mol. The van der Waals surface area contributed by atoms with Crippen LogP contribution in [0.25, 0.3) is 10.9 Å². The summed E-state index contributed by atoms with van der Waals surface area (Å²) in [6.07, 6.45) is -0.212. The van der Waals surface area contributed by atoms with Gasteiger partial charge in [-0.25, -0.2) is 4.39 Å². The number of aliphatic carboxylic acids is 1. The van der Waals surface area contributed by atoms with E-state index >= 15 is 0 Å². The zero-order chi connectivity index (χ0) is 16.7. The van der Waals surface area contributed by atoms with E-state index in [2.05, 4.69) is 0 Å². The highest BCUT2D eigenvalue weighted by atomic mass is 32.1. The quantitative estimate of drug-likeness (QED) is 0.683. The van der Waals surface area contributed by atoms with Crippen molar-refractivity contribution in [1.29, 1.82) is 0 Å². The molecule has 120 valence electrons. The molecule has 0 aliphatic carbocycles. The lowest BCUT2D eigenvalue weighted by molar-refractivity contribution is -0.136. The molecule has 5 nitrogen and oxygen atoms in total. The van der Waals surface area contributed by atoms with E-state index in [1.165, 1.54) is 23.5 Å². The van der Waals surface area contributed by atoms with E-state index < -0.39 is 17.5 Å². The lowest BCUT2D eigenvalue weighted by Gasteiger charge is -2.07. The SMILES string of the molecule is Cc1c(CC(=O)O)c2cc(O)c(F)cc2n1Cc1ccc(O)s1. The third kappa shape index (κ3) is 2.75. The van der Waals surface area contributed by atoms with Gasteiger partial charge >= 0.3 is 5.97 Å². The summed E-state index contributed by atoms with van der Waals surface area (Å²) in [7, 11) is 0. The van der Waals surface area contributed by atoms with Gasteiger partial charge in [-0.2, -0.15) is 0 Å². The molecule has 1 aromatic carbocycles. The molecule has 0 saturated carbocycles. The molecule has 3 aromatic rings. The molecule has 0 saturated heterocycles. The van der Waals surface area contributed by atoms with Crippen LogP contribution >= 0.6 is 11.3 Å². The predicted octanol–water partition coefficient (Wildman–Crippen LogP) is 3.24. The second-order valence-corrected chi connectivity index (χ2v) is 6.43. The summed E-state index contributed by atoms with van der Waals surface area (Å²) in [6.45, 7) is 2.15. The van der Waals surface area contributed by atoms with Crippen LogP contribution in [-0.4, -0.2) is 25.9 Å². The van der Waals surface area contributed by atoms with Gasteiger partial charge in [0.1, 0.15) is 0 Å². The molecule has 23 heavy (non-hydrogen) atoms. The van der Waals surface area contributed by atoms with E-state index in [0.29, 0.717) is 28.7 Å². The molecule has 0 fully saturated rings. The highest BCUT2D eigenvalue weighted by Gasteiger charge is 2.19. The highest BCUT2D eigenvalue weighted by Crippen LogP contribution is 2.33. The van der Waals surface area contributed by atoms with E-state index in [1.54, 1.807) is 23.6 Å². The molecular formula is C16H14FNO4S. The number of phenols is 1. The Morgan fingerprint density at radius 2 is 2.04 bits per heavy atom. The fraction of sp³-hybridized carbons (Fsp3) is 0.188. The van der Waals surface area contributed by atoms with Crippen molar-refractivity contribution in [3.63, 3.8) is 0 Å². The van der Waals surface area contributed by atoms with Gasteiger partial charge < -0.3 is 19.9 Å². The normalized spacial score (nSPS) is 11.2. The molecule has 0 bridgehead atoms. The first kappa shape index (κ1) is 15.4. The molecule has 0 atom stereocenters. The molecule has 3 N–H and O–H groups in total. The first-order valence-electron chi connectivity index (χ1n) is 6.86. The van der Waals surface area contributed by atoms with Gasteiger partial charge in [0.15, 0.2) is 16.6 Å². The summed E-state index contributed by atoms with van der Waals surface area (Å²) >= 11 is 1.21. The second-order valence-electron chi connectivity index (χ2n) is 5.28. The monoisotopic (exact) mass is 335 g/mol. The number of phenolic OH excluding ortho intramolecular Hbond substituents is 1. The van der Waals surface area contributed by atoms with E-state index in [1.807, 2.05) is 0 Å². The number of rotatable bonds is 4. The molecule has 2 aromatic heterocycles. The number of hydrogen-bond donors (Lipinski definition) is 3. The van der Waals surface area contributed by atoms with Crippen molar-refractivity contribution >= 4 is 28.2 Å². The summed E-state index contributed by atoms with van der Waals surface area (Å²) in [5.41, 5.74) is 1.76. The minimum Gasteiger partial charge on any atom is -0.505 e. The summed E-state index contributed by atoms with van der Waals surface area (Å²) in [5.74, 6) is -2.26. The Hall–Kier alpha value is -2.54. The van der Waals surface area contributed by atoms with Crippen molar-refractivity contribution < 1.29 is 24.5 Å². The van der Waals surface area contributed by atoms with Crippen LogP contribution in [0.15, 0.2) is 24.3 Å². The maximum absolute atomic E-state index is 13.8. The molecule has 0 spiro atoms. The van der Waals surface area contributed by atoms with Gasteiger partial charge in [-0.15, -0.1) is 11.3 Å². The minimum atomic E-state index is -0.996. The van der Waals surface area contributed by atoms with Crippen LogP contribution < -0.4 is 0 Å². The molecule has 0 aliphatic heterocycles. The number of fused-ring (bicyclic) bond motifs is 1. The van der Waals surface area contributed by atoms with Gasteiger partial charge in [-0.1, -0.05) is 0 Å². The smallest absolute Gasteiger partial charge is 0.307 e. The summed E-state index contributed by atoms with van der Waals surface area (Å²) < 4.78 is 15.6. The first-order valence-corrected chi connectivity index (χ1v) is 7.68. The number of hydrogen-bond acceptors (Lipinski definition) is 4. The van der Waals surface area contributed by atoms with Crippen LogP contribution in [0.5, 0.6) is 10.8 Å². The van der Waals surface area contributed by atoms with Crippen molar-refractivity contribution in [2.24, 2.45) is 0 Å². The number of aromatic nitrogens is 1. The number of carboxylic acid groups (broad SMARTS) is 1. The molecular weight excluding hydrogens is 321 g/mol. The third-order valence-corrected chi connectivity index (χ3v) is 4.68. The molecule has 0 unspecified atom stereocenters. The van der Waals surface area contributed by atoms with Crippen LogP contribution in [0, 0.1) is 12.7 Å². The Labute approximate surface area is 134 Å². The van der Waals surface area contributed by atoms with Crippen molar-refractivity contribution in [2.45, 2.75) is 19.9 Å². The van der Waals surface area contributed by atoms with Gasteiger partial charge in [0.2, 0.25) is 0 Å². The minimum absolute atomic E-state index is 0.184. The second kappa shape index (κ2) is 5.58. The van der Waals surface area contributed by atoms with Gasteiger partial charge in [-0.05, 0) is 30.7 Å². The zero-order valence-electron chi connectivity index (χ0n) is 12.2. The molecule has 0 amide bonds. The summed E-state index contributed by atoms with van der Waals surface area (Å²) in [5, 5.41) is 28.9. The van der Waals surface area contributed by atoms with Gasteiger partial charge in [-0.3, -0.25) is 4.79 Å². The Morgan fingerprint density at radius 3 is 2.65 bits per heavy atom. The lowest BCUT2D eigenvalue weighted by atomic mass is 10.1. The predicted molar refractivity (Wildman–Crippen MR) is 84.7 cm³/mol. The van der Waals surface area contributed by atoms with Crippen LogP contribution in [0.3, 0.4) is 0 Å². The molecule has 7 heteroatoms. The standard InChI is InChI=1S/C16H14FNO4S/c1-8-10(5-15(20)21)11-4-14(19)12(17)6-13(11)18(8)7-9-2-3-16(22)23-9/h2-4,6,19,22H,5,7H2,1H3,(H,20,21). The Kier molecular flexibility index (Phi) is 3.73. The average Bonchev–Trinajstić information content (AvgIpc) is 2.98. The van der Waals surface area contributed by atoms with Crippen molar-refractivity contribution in [1.82, 2.24) is 4.57 Å². The van der Waals surface area contributed by atoms with Gasteiger partial charge in [0, 0.05) is 22.0 Å². The fourth-order valence-corrected chi connectivity index (χ4v) is 3.47. The molecule has 2 heterocycles. The number of benzene rings is 1. The maximum atomic E-state index is 13.8. The van der Waals surface area contributed by atoms with E-state index in [-0.39, 0.29) is 11.5 Å². The summed E-state index contributed by atoms with van der Waals surface area (Å²) in [4.78, 5) is 12.0. The van der Waals surface area contributed by atoms with Gasteiger partial charge in [0.25, 0.3) is 0 Å².